The molecule has 4 N–H and O–H groups in total. The van der Waals surface area contributed by atoms with Crippen LogP contribution in [0.1, 0.15) is 11.1 Å². The summed E-state index contributed by atoms with van der Waals surface area (Å²) in [7, 11) is 0. The molecule has 1 aliphatic carbocycles. The van der Waals surface area contributed by atoms with Gasteiger partial charge in [-0.3, -0.25) is 0 Å². The van der Waals surface area contributed by atoms with Gasteiger partial charge in [-0.2, -0.15) is 0 Å². The number of anilines is 2. The summed E-state index contributed by atoms with van der Waals surface area (Å²) in [6.07, 6.45) is 0.805. The van der Waals surface area contributed by atoms with E-state index in [1.54, 1.807) is 0 Å². The van der Waals surface area contributed by atoms with Crippen LogP contribution in [0.3, 0.4) is 0 Å². The summed E-state index contributed by atoms with van der Waals surface area (Å²) in [5, 5.41) is 4.39. The van der Waals surface area contributed by atoms with Crippen LogP contribution in [0.15, 0.2) is 109 Å². The molecule has 0 fully saturated rings. The van der Waals surface area contributed by atoms with Crippen LogP contribution in [-0.2, 0) is 6.42 Å². The highest BCUT2D eigenvalue weighted by Gasteiger charge is 2.20. The van der Waals surface area contributed by atoms with Crippen molar-refractivity contribution in [1.82, 2.24) is 0 Å². The van der Waals surface area contributed by atoms with E-state index in [1.165, 1.54) is 22.3 Å². The summed E-state index contributed by atoms with van der Waals surface area (Å²) in [5.41, 5.74) is 18.7. The Kier molecular flexibility index (Phi) is 4.79. The van der Waals surface area contributed by atoms with Crippen LogP contribution in [0, 0.1) is 0 Å². The van der Waals surface area contributed by atoms with Gasteiger partial charge in [0.1, 0.15) is 11.5 Å². The Balaban J connectivity index is 1.15. The van der Waals surface area contributed by atoms with Gasteiger partial charge in [-0.25, -0.2) is 0 Å². The summed E-state index contributed by atoms with van der Waals surface area (Å²) in [5.74, 6) is 2.87. The Hall–Kier alpha value is -4.96. The number of hydrogen-bond acceptors (Lipinski definition) is 4. The predicted octanol–water partition coefficient (Wildman–Crippen LogP) is 8.31. The summed E-state index contributed by atoms with van der Waals surface area (Å²) in [4.78, 5) is 0. The third-order valence-corrected chi connectivity index (χ3v) is 7.04. The predicted molar refractivity (Wildman–Crippen MR) is 152 cm³/mol. The molecular formula is C33H24N2O2. The Morgan fingerprint density at radius 1 is 0.459 bits per heavy atom. The maximum absolute atomic E-state index is 6.29. The minimum atomic E-state index is 0.622. The summed E-state index contributed by atoms with van der Waals surface area (Å²) in [6, 6.07) is 36.6. The first-order chi connectivity index (χ1) is 18.1. The van der Waals surface area contributed by atoms with Gasteiger partial charge in [0.2, 0.25) is 0 Å². The van der Waals surface area contributed by atoms with Crippen molar-refractivity contribution in [2.75, 3.05) is 11.5 Å². The highest BCUT2D eigenvalue weighted by Crippen LogP contribution is 2.42. The fourth-order valence-electron chi connectivity index (χ4n) is 5.20. The van der Waals surface area contributed by atoms with Crippen molar-refractivity contribution >= 4 is 32.9 Å². The van der Waals surface area contributed by atoms with Gasteiger partial charge in [0.25, 0.3) is 0 Å². The lowest BCUT2D eigenvalue weighted by Crippen LogP contribution is -1.93. The second kappa shape index (κ2) is 8.32. The molecule has 7 rings (SSSR count). The minimum Gasteiger partial charge on any atom is -0.455 e. The average molecular weight is 481 g/mol. The lowest BCUT2D eigenvalue weighted by Gasteiger charge is -2.12. The molecule has 178 valence electrons. The molecule has 0 amide bonds. The van der Waals surface area contributed by atoms with E-state index in [4.69, 9.17) is 20.9 Å². The zero-order valence-corrected chi connectivity index (χ0v) is 20.1. The van der Waals surface area contributed by atoms with E-state index >= 15 is 0 Å². The van der Waals surface area contributed by atoms with Gasteiger partial charge in [-0.05, 0) is 98.8 Å². The van der Waals surface area contributed by atoms with Crippen molar-refractivity contribution in [3.05, 3.63) is 120 Å². The Morgan fingerprint density at radius 3 is 1.30 bits per heavy atom. The standard InChI is InChI=1S/C33H24N2O2/c34-30-16-20-5-1-3-7-22(20)18-32(30)36-26-9-11-28-24(14-26)13-25-15-27(10-12-29(25)28)37-33-19-23-8-4-2-6-21(23)17-31(33)35/h1-12,14-19H,13,34-35H2. The first-order valence-electron chi connectivity index (χ1n) is 12.3. The van der Waals surface area contributed by atoms with Gasteiger partial charge in [0.05, 0.1) is 11.4 Å². The number of benzene rings is 6. The van der Waals surface area contributed by atoms with E-state index in [1.807, 2.05) is 72.8 Å². The van der Waals surface area contributed by atoms with Crippen LogP contribution in [0.5, 0.6) is 23.0 Å². The molecule has 4 nitrogen and oxygen atoms in total. The number of rotatable bonds is 4. The lowest BCUT2D eigenvalue weighted by molar-refractivity contribution is 0.485. The van der Waals surface area contributed by atoms with Crippen molar-refractivity contribution in [2.45, 2.75) is 6.42 Å². The zero-order valence-electron chi connectivity index (χ0n) is 20.1. The second-order valence-corrected chi connectivity index (χ2v) is 9.49. The summed E-state index contributed by atoms with van der Waals surface area (Å²) in [6.45, 7) is 0. The Morgan fingerprint density at radius 2 is 0.865 bits per heavy atom. The normalized spacial score (nSPS) is 11.9. The molecule has 0 aromatic heterocycles. The monoisotopic (exact) mass is 480 g/mol. The molecule has 4 heteroatoms. The van der Waals surface area contributed by atoms with Crippen molar-refractivity contribution in [2.24, 2.45) is 0 Å². The molecule has 0 atom stereocenters. The van der Waals surface area contributed by atoms with Crippen LogP contribution in [0.25, 0.3) is 32.7 Å². The zero-order chi connectivity index (χ0) is 24.9. The number of fused-ring (bicyclic) bond motifs is 5. The molecule has 0 radical (unpaired) electrons. The number of nitrogen functional groups attached to an aromatic ring is 2. The van der Waals surface area contributed by atoms with Crippen LogP contribution >= 0.6 is 0 Å². The molecule has 6 aromatic carbocycles. The fraction of sp³-hybridized carbons (Fsp3) is 0.0303. The molecule has 0 spiro atoms. The SMILES string of the molecule is Nc1cc2ccccc2cc1Oc1ccc2c(c1)Cc1cc(Oc3cc4ccccc4cc3N)ccc1-2. The van der Waals surface area contributed by atoms with Gasteiger partial charge in [0, 0.05) is 0 Å². The van der Waals surface area contributed by atoms with Gasteiger partial charge in [-0.1, -0.05) is 60.7 Å². The quantitative estimate of drug-likeness (QED) is 0.249. The van der Waals surface area contributed by atoms with Crippen LogP contribution in [-0.4, -0.2) is 0 Å². The average Bonchev–Trinajstić information content (AvgIpc) is 3.26. The van der Waals surface area contributed by atoms with Crippen LogP contribution in [0.2, 0.25) is 0 Å². The van der Waals surface area contributed by atoms with E-state index in [0.717, 1.165) is 39.5 Å². The van der Waals surface area contributed by atoms with Gasteiger partial charge in [0.15, 0.2) is 11.5 Å². The third-order valence-electron chi connectivity index (χ3n) is 7.04. The van der Waals surface area contributed by atoms with Crippen molar-refractivity contribution in [3.8, 4) is 34.1 Å². The largest absolute Gasteiger partial charge is 0.455 e. The number of nitrogens with two attached hydrogens (primary N) is 2. The van der Waals surface area contributed by atoms with Crippen molar-refractivity contribution < 1.29 is 9.47 Å². The number of hydrogen-bond donors (Lipinski definition) is 2. The highest BCUT2D eigenvalue weighted by molar-refractivity contribution is 5.89. The molecule has 0 aliphatic heterocycles. The van der Waals surface area contributed by atoms with Crippen LogP contribution in [0.4, 0.5) is 11.4 Å². The molecule has 0 bridgehead atoms. The molecule has 0 saturated heterocycles. The van der Waals surface area contributed by atoms with Gasteiger partial charge >= 0.3 is 0 Å². The lowest BCUT2D eigenvalue weighted by atomic mass is 10.1. The molecule has 0 heterocycles. The smallest absolute Gasteiger partial charge is 0.150 e. The van der Waals surface area contributed by atoms with Gasteiger partial charge in [-0.15, -0.1) is 0 Å². The molecule has 0 saturated carbocycles. The third kappa shape index (κ3) is 3.80. The van der Waals surface area contributed by atoms with E-state index in [-0.39, 0.29) is 0 Å². The first-order valence-corrected chi connectivity index (χ1v) is 12.3. The van der Waals surface area contributed by atoms with Crippen molar-refractivity contribution in [1.29, 1.82) is 0 Å². The maximum atomic E-state index is 6.29. The van der Waals surface area contributed by atoms with Crippen LogP contribution < -0.4 is 20.9 Å². The molecule has 0 unspecified atom stereocenters. The van der Waals surface area contributed by atoms with E-state index in [2.05, 4.69) is 36.4 Å². The topological polar surface area (TPSA) is 70.5 Å². The minimum absolute atomic E-state index is 0.622. The summed E-state index contributed by atoms with van der Waals surface area (Å²) < 4.78 is 12.5. The first kappa shape index (κ1) is 21.3. The fourth-order valence-corrected chi connectivity index (χ4v) is 5.20. The van der Waals surface area contributed by atoms with Gasteiger partial charge < -0.3 is 20.9 Å². The molecular weight excluding hydrogens is 456 g/mol. The van der Waals surface area contributed by atoms with Crippen molar-refractivity contribution in [3.63, 3.8) is 0 Å². The number of ether oxygens (including phenoxy) is 2. The second-order valence-electron chi connectivity index (χ2n) is 9.49. The Bertz CT molecular complexity index is 1710. The van der Waals surface area contributed by atoms with E-state index in [9.17, 15) is 0 Å². The Labute approximate surface area is 214 Å². The highest BCUT2D eigenvalue weighted by atomic mass is 16.5. The molecule has 1 aliphatic rings. The maximum Gasteiger partial charge on any atom is 0.150 e. The molecule has 37 heavy (non-hydrogen) atoms. The van der Waals surface area contributed by atoms with E-state index in [0.29, 0.717) is 22.9 Å². The van der Waals surface area contributed by atoms with E-state index < -0.39 is 0 Å². The molecule has 6 aromatic rings. The summed E-state index contributed by atoms with van der Waals surface area (Å²) >= 11 is 0.